The van der Waals surface area contributed by atoms with Gasteiger partial charge < -0.3 is 15.5 Å². The highest BCUT2D eigenvalue weighted by Gasteiger charge is 2.20. The third-order valence-electron chi connectivity index (χ3n) is 2.75. The number of hydrogen-bond acceptors (Lipinski definition) is 3. The lowest BCUT2D eigenvalue weighted by Gasteiger charge is -2.26. The first kappa shape index (κ1) is 14.0. The summed E-state index contributed by atoms with van der Waals surface area (Å²) in [4.78, 5) is 24.6. The van der Waals surface area contributed by atoms with Crippen LogP contribution in [0.2, 0.25) is 10.0 Å². The average Bonchev–Trinajstić information content (AvgIpc) is 2.40. The fourth-order valence-corrected chi connectivity index (χ4v) is 2.05. The molecule has 0 aliphatic carbocycles. The van der Waals surface area contributed by atoms with Crippen LogP contribution >= 0.6 is 23.2 Å². The van der Waals surface area contributed by atoms with E-state index in [1.54, 1.807) is 18.2 Å². The molecular weight excluding hydrogens is 289 g/mol. The molecule has 1 aromatic rings. The Bertz CT molecular complexity index is 508. The van der Waals surface area contributed by atoms with E-state index in [9.17, 15) is 9.59 Å². The Hall–Kier alpha value is -1.46. The highest BCUT2D eigenvalue weighted by Crippen LogP contribution is 2.24. The van der Waals surface area contributed by atoms with Crippen molar-refractivity contribution in [2.75, 3.05) is 31.5 Å². The van der Waals surface area contributed by atoms with Crippen LogP contribution in [0.15, 0.2) is 18.2 Å². The van der Waals surface area contributed by atoms with Crippen molar-refractivity contribution < 1.29 is 9.59 Å². The lowest BCUT2D eigenvalue weighted by atomic mass is 10.3. The van der Waals surface area contributed by atoms with Crippen LogP contribution in [0.25, 0.3) is 0 Å². The minimum atomic E-state index is -0.130. The predicted octanol–water partition coefficient (Wildman–Crippen LogP) is 1.36. The normalized spacial score (nSPS) is 15.1. The number of halogens is 2. The molecule has 0 aromatic heterocycles. The fourth-order valence-electron chi connectivity index (χ4n) is 1.75. The molecule has 0 bridgehead atoms. The zero-order chi connectivity index (χ0) is 13.8. The van der Waals surface area contributed by atoms with Crippen molar-refractivity contribution >= 4 is 40.7 Å². The van der Waals surface area contributed by atoms with Crippen LogP contribution in [-0.2, 0) is 9.59 Å². The van der Waals surface area contributed by atoms with E-state index < -0.39 is 0 Å². The van der Waals surface area contributed by atoms with Crippen molar-refractivity contribution in [2.24, 2.45) is 0 Å². The second kappa shape index (κ2) is 6.12. The van der Waals surface area contributed by atoms with Crippen molar-refractivity contribution in [1.29, 1.82) is 0 Å². The van der Waals surface area contributed by atoms with Crippen LogP contribution < -0.4 is 10.6 Å². The van der Waals surface area contributed by atoms with Gasteiger partial charge in [0, 0.05) is 18.8 Å². The second-order valence-corrected chi connectivity index (χ2v) is 4.96. The number of nitrogens with zero attached hydrogens (tertiary/aromatic N) is 1. The summed E-state index contributed by atoms with van der Waals surface area (Å²) in [5, 5.41) is 6.52. The fraction of sp³-hybridized carbons (Fsp3) is 0.333. The molecule has 1 saturated heterocycles. The number of rotatable bonds is 3. The third kappa shape index (κ3) is 3.75. The van der Waals surface area contributed by atoms with Crippen molar-refractivity contribution in [3.8, 4) is 0 Å². The molecule has 2 N–H and O–H groups in total. The Morgan fingerprint density at radius 2 is 2.16 bits per heavy atom. The molecule has 2 rings (SSSR count). The molecule has 102 valence electrons. The minimum Gasteiger partial charge on any atom is -0.376 e. The molecule has 1 aromatic carbocycles. The topological polar surface area (TPSA) is 61.4 Å². The zero-order valence-electron chi connectivity index (χ0n) is 10.1. The van der Waals surface area contributed by atoms with E-state index in [-0.39, 0.29) is 24.9 Å². The van der Waals surface area contributed by atoms with E-state index in [2.05, 4.69) is 10.6 Å². The number of benzene rings is 1. The average molecular weight is 302 g/mol. The summed E-state index contributed by atoms with van der Waals surface area (Å²) in [6, 6.07) is 5.05. The highest BCUT2D eigenvalue weighted by atomic mass is 35.5. The van der Waals surface area contributed by atoms with Gasteiger partial charge in [-0.3, -0.25) is 9.59 Å². The molecule has 0 unspecified atom stereocenters. The van der Waals surface area contributed by atoms with Gasteiger partial charge in [-0.25, -0.2) is 0 Å². The SMILES string of the molecule is O=C1CN(C(=O)CNc2ccc(Cl)c(Cl)c2)CCN1. The molecule has 1 fully saturated rings. The maximum atomic E-state index is 11.9. The maximum Gasteiger partial charge on any atom is 0.242 e. The summed E-state index contributed by atoms with van der Waals surface area (Å²) in [6.45, 7) is 1.26. The second-order valence-electron chi connectivity index (χ2n) is 4.15. The Morgan fingerprint density at radius 3 is 2.84 bits per heavy atom. The first-order chi connectivity index (χ1) is 9.06. The number of nitrogens with one attached hydrogen (secondary N) is 2. The van der Waals surface area contributed by atoms with E-state index >= 15 is 0 Å². The van der Waals surface area contributed by atoms with Gasteiger partial charge in [-0.1, -0.05) is 23.2 Å². The zero-order valence-corrected chi connectivity index (χ0v) is 11.6. The van der Waals surface area contributed by atoms with E-state index in [1.807, 2.05) is 0 Å². The van der Waals surface area contributed by atoms with E-state index in [4.69, 9.17) is 23.2 Å². The van der Waals surface area contributed by atoms with Crippen LogP contribution in [0.3, 0.4) is 0 Å². The predicted molar refractivity (Wildman–Crippen MR) is 74.5 cm³/mol. The molecule has 1 aliphatic heterocycles. The van der Waals surface area contributed by atoms with Gasteiger partial charge in [0.15, 0.2) is 0 Å². The maximum absolute atomic E-state index is 11.9. The number of amides is 2. The summed E-state index contributed by atoms with van der Waals surface area (Å²) in [7, 11) is 0. The molecule has 0 spiro atoms. The van der Waals surface area contributed by atoms with Gasteiger partial charge in [0.25, 0.3) is 0 Å². The van der Waals surface area contributed by atoms with Gasteiger partial charge in [-0.05, 0) is 18.2 Å². The Morgan fingerprint density at radius 1 is 1.37 bits per heavy atom. The van der Waals surface area contributed by atoms with Crippen molar-refractivity contribution in [3.05, 3.63) is 28.2 Å². The Labute approximate surface area is 120 Å². The van der Waals surface area contributed by atoms with Gasteiger partial charge >= 0.3 is 0 Å². The van der Waals surface area contributed by atoms with Crippen LogP contribution in [0.5, 0.6) is 0 Å². The number of carbonyl (C=O) groups is 2. The molecule has 19 heavy (non-hydrogen) atoms. The van der Waals surface area contributed by atoms with Crippen molar-refractivity contribution in [3.63, 3.8) is 0 Å². The van der Waals surface area contributed by atoms with Crippen molar-refractivity contribution in [1.82, 2.24) is 10.2 Å². The molecule has 0 saturated carbocycles. The highest BCUT2D eigenvalue weighted by molar-refractivity contribution is 6.42. The largest absolute Gasteiger partial charge is 0.376 e. The first-order valence-electron chi connectivity index (χ1n) is 5.79. The van der Waals surface area contributed by atoms with Crippen LogP contribution in [0.1, 0.15) is 0 Å². The Balaban J connectivity index is 1.89. The smallest absolute Gasteiger partial charge is 0.242 e. The molecule has 7 heteroatoms. The summed E-state index contributed by atoms with van der Waals surface area (Å²) in [6.07, 6.45) is 0. The monoisotopic (exact) mass is 301 g/mol. The molecule has 5 nitrogen and oxygen atoms in total. The number of carbonyl (C=O) groups excluding carboxylic acids is 2. The Kier molecular flexibility index (Phi) is 4.50. The minimum absolute atomic E-state index is 0.113. The molecular formula is C12H13Cl2N3O2. The first-order valence-corrected chi connectivity index (χ1v) is 6.55. The summed E-state index contributed by atoms with van der Waals surface area (Å²) in [5.41, 5.74) is 0.712. The van der Waals surface area contributed by atoms with Gasteiger partial charge in [0.2, 0.25) is 11.8 Å². The van der Waals surface area contributed by atoms with E-state index in [0.717, 1.165) is 0 Å². The third-order valence-corrected chi connectivity index (χ3v) is 3.49. The van der Waals surface area contributed by atoms with Crippen LogP contribution in [-0.4, -0.2) is 42.9 Å². The lowest BCUT2D eigenvalue weighted by molar-refractivity contribution is -0.136. The van der Waals surface area contributed by atoms with Crippen molar-refractivity contribution in [2.45, 2.75) is 0 Å². The van der Waals surface area contributed by atoms with Crippen LogP contribution in [0.4, 0.5) is 5.69 Å². The number of piperazine rings is 1. The van der Waals surface area contributed by atoms with E-state index in [0.29, 0.717) is 28.8 Å². The van der Waals surface area contributed by atoms with Gasteiger partial charge in [0.1, 0.15) is 0 Å². The quantitative estimate of drug-likeness (QED) is 0.886. The van der Waals surface area contributed by atoms with Crippen LogP contribution in [0, 0.1) is 0 Å². The lowest BCUT2D eigenvalue weighted by Crippen LogP contribution is -2.51. The van der Waals surface area contributed by atoms with E-state index in [1.165, 1.54) is 4.90 Å². The number of anilines is 1. The molecule has 1 aliphatic rings. The number of hydrogen-bond donors (Lipinski definition) is 2. The van der Waals surface area contributed by atoms with Gasteiger partial charge in [0.05, 0.1) is 23.1 Å². The summed E-state index contributed by atoms with van der Waals surface area (Å²) in [5.74, 6) is -0.255. The molecule has 0 radical (unpaired) electrons. The summed E-state index contributed by atoms with van der Waals surface area (Å²) >= 11 is 11.7. The van der Waals surface area contributed by atoms with Gasteiger partial charge in [-0.15, -0.1) is 0 Å². The molecule has 1 heterocycles. The van der Waals surface area contributed by atoms with Gasteiger partial charge in [-0.2, -0.15) is 0 Å². The molecule has 0 atom stereocenters. The summed E-state index contributed by atoms with van der Waals surface area (Å²) < 4.78 is 0. The standard InChI is InChI=1S/C12H13Cl2N3O2/c13-9-2-1-8(5-10(9)14)16-6-12(19)17-4-3-15-11(18)7-17/h1-2,5,16H,3-4,6-7H2,(H,15,18). The molecule has 2 amide bonds.